The van der Waals surface area contributed by atoms with Crippen LogP contribution in [0.3, 0.4) is 0 Å². The highest BCUT2D eigenvalue weighted by molar-refractivity contribution is 7.92. The first-order chi connectivity index (χ1) is 11.3. The van der Waals surface area contributed by atoms with Gasteiger partial charge in [-0.2, -0.15) is 13.5 Å². The average Bonchev–Trinajstić information content (AvgIpc) is 2.99. The lowest BCUT2D eigenvalue weighted by Gasteiger charge is -2.17. The summed E-state index contributed by atoms with van der Waals surface area (Å²) in [5, 5.41) is 19.6. The third kappa shape index (κ3) is 2.97. The molecule has 1 amide bonds. The number of anilines is 2. The van der Waals surface area contributed by atoms with Crippen molar-refractivity contribution in [1.29, 1.82) is 0 Å². The standard InChI is InChI=1S/C13H14FN5O4S/c1-7-2-11(17-16-7)15-5-8-3-9(14)13(10(20)4-8)19-6-12(21)18-24(19,22)23/h2-4,20H,5-6H2,1H3,(H,18,21)(H2,15,16,17). The van der Waals surface area contributed by atoms with Crippen LogP contribution in [0.25, 0.3) is 0 Å². The van der Waals surface area contributed by atoms with E-state index in [0.29, 0.717) is 15.7 Å². The van der Waals surface area contributed by atoms with E-state index in [1.54, 1.807) is 17.7 Å². The lowest BCUT2D eigenvalue weighted by Crippen LogP contribution is -2.30. The van der Waals surface area contributed by atoms with Crippen molar-refractivity contribution in [1.82, 2.24) is 14.9 Å². The molecule has 128 valence electrons. The van der Waals surface area contributed by atoms with Crippen molar-refractivity contribution in [2.24, 2.45) is 0 Å². The first-order valence-electron chi connectivity index (χ1n) is 6.87. The third-order valence-electron chi connectivity index (χ3n) is 3.36. The summed E-state index contributed by atoms with van der Waals surface area (Å²) in [5.74, 6) is -1.71. The zero-order valence-electron chi connectivity index (χ0n) is 12.5. The van der Waals surface area contributed by atoms with E-state index in [1.807, 2.05) is 0 Å². The molecule has 0 bridgehead atoms. The Kier molecular flexibility index (Phi) is 3.79. The van der Waals surface area contributed by atoms with Gasteiger partial charge in [-0.05, 0) is 24.6 Å². The van der Waals surface area contributed by atoms with Gasteiger partial charge in [0.25, 0.3) is 5.91 Å². The lowest BCUT2D eigenvalue weighted by molar-refractivity contribution is -0.117. The summed E-state index contributed by atoms with van der Waals surface area (Å²) in [6.07, 6.45) is 0. The number of aromatic amines is 1. The van der Waals surface area contributed by atoms with Crippen molar-refractivity contribution in [2.45, 2.75) is 13.5 Å². The number of hydrogen-bond acceptors (Lipinski definition) is 6. The molecule has 1 aromatic heterocycles. The van der Waals surface area contributed by atoms with Crippen LogP contribution in [0.15, 0.2) is 18.2 Å². The van der Waals surface area contributed by atoms with Crippen LogP contribution in [0.4, 0.5) is 15.9 Å². The van der Waals surface area contributed by atoms with E-state index in [2.05, 4.69) is 15.5 Å². The maximum absolute atomic E-state index is 14.3. The zero-order chi connectivity index (χ0) is 17.5. The molecule has 0 saturated carbocycles. The first kappa shape index (κ1) is 16.1. The van der Waals surface area contributed by atoms with Gasteiger partial charge in [-0.1, -0.05) is 0 Å². The normalized spacial score (nSPS) is 16.2. The molecule has 0 unspecified atom stereocenters. The fourth-order valence-electron chi connectivity index (χ4n) is 2.34. The van der Waals surface area contributed by atoms with E-state index in [0.717, 1.165) is 11.8 Å². The van der Waals surface area contributed by atoms with Crippen molar-refractivity contribution < 1.29 is 22.7 Å². The summed E-state index contributed by atoms with van der Waals surface area (Å²) in [4.78, 5) is 11.2. The molecular formula is C13H14FN5O4S. The van der Waals surface area contributed by atoms with Crippen LogP contribution in [-0.4, -0.2) is 36.2 Å². The van der Waals surface area contributed by atoms with Crippen LogP contribution in [0.1, 0.15) is 11.3 Å². The smallest absolute Gasteiger partial charge is 0.326 e. The Balaban J connectivity index is 1.85. The number of hydrogen-bond donors (Lipinski definition) is 4. The maximum Gasteiger partial charge on any atom is 0.326 e. The summed E-state index contributed by atoms with van der Waals surface area (Å²) >= 11 is 0. The fourth-order valence-corrected chi connectivity index (χ4v) is 3.51. The summed E-state index contributed by atoms with van der Waals surface area (Å²) in [6.45, 7) is 1.39. The zero-order valence-corrected chi connectivity index (χ0v) is 13.3. The molecule has 2 heterocycles. The fraction of sp³-hybridized carbons (Fsp3) is 0.231. The topological polar surface area (TPSA) is 127 Å². The van der Waals surface area contributed by atoms with Crippen molar-refractivity contribution in [3.8, 4) is 5.75 Å². The number of aromatic hydroxyl groups is 1. The number of halogens is 1. The molecule has 3 rings (SSSR count). The Morgan fingerprint density at radius 2 is 2.17 bits per heavy atom. The van der Waals surface area contributed by atoms with Crippen LogP contribution in [0.2, 0.25) is 0 Å². The second-order valence-electron chi connectivity index (χ2n) is 5.26. The molecule has 1 saturated heterocycles. The van der Waals surface area contributed by atoms with E-state index in [-0.39, 0.29) is 6.54 Å². The van der Waals surface area contributed by atoms with E-state index >= 15 is 0 Å². The number of rotatable bonds is 4. The number of phenolic OH excluding ortho intramolecular Hbond substituents is 1. The Bertz CT molecular complexity index is 888. The lowest BCUT2D eigenvalue weighted by atomic mass is 10.1. The number of carbonyl (C=O) groups excluding carboxylic acids is 1. The quantitative estimate of drug-likeness (QED) is 0.627. The number of benzene rings is 1. The van der Waals surface area contributed by atoms with Gasteiger partial charge in [-0.25, -0.2) is 13.4 Å². The number of aromatic nitrogens is 2. The second kappa shape index (κ2) is 5.67. The van der Waals surface area contributed by atoms with Gasteiger partial charge in [0.2, 0.25) is 0 Å². The number of nitrogens with zero attached hydrogens (tertiary/aromatic N) is 2. The first-order valence-corrected chi connectivity index (χ1v) is 8.31. The largest absolute Gasteiger partial charge is 0.506 e. The average molecular weight is 355 g/mol. The molecule has 11 heteroatoms. The summed E-state index contributed by atoms with van der Waals surface area (Å²) in [6, 6.07) is 4.06. The predicted molar refractivity (Wildman–Crippen MR) is 83.1 cm³/mol. The van der Waals surface area contributed by atoms with Crippen LogP contribution >= 0.6 is 0 Å². The molecule has 1 fully saturated rings. The Morgan fingerprint density at radius 3 is 2.71 bits per heavy atom. The van der Waals surface area contributed by atoms with Crippen LogP contribution in [-0.2, 0) is 21.5 Å². The Morgan fingerprint density at radius 1 is 1.42 bits per heavy atom. The minimum absolute atomic E-state index is 0.177. The summed E-state index contributed by atoms with van der Waals surface area (Å²) < 4.78 is 40.1. The van der Waals surface area contributed by atoms with Gasteiger partial charge < -0.3 is 10.4 Å². The molecule has 9 nitrogen and oxygen atoms in total. The van der Waals surface area contributed by atoms with Gasteiger partial charge in [-0.3, -0.25) is 9.89 Å². The van der Waals surface area contributed by atoms with Crippen molar-refractivity contribution in [2.75, 3.05) is 16.2 Å². The number of nitrogens with one attached hydrogen (secondary N) is 3. The maximum atomic E-state index is 14.3. The van der Waals surface area contributed by atoms with Crippen LogP contribution in [0.5, 0.6) is 5.75 Å². The molecule has 2 aromatic rings. The number of phenols is 1. The predicted octanol–water partition coefficient (Wildman–Crippen LogP) is 0.356. The highest BCUT2D eigenvalue weighted by Crippen LogP contribution is 2.34. The minimum Gasteiger partial charge on any atom is -0.506 e. The van der Waals surface area contributed by atoms with E-state index < -0.39 is 39.9 Å². The molecule has 0 spiro atoms. The van der Waals surface area contributed by atoms with Crippen molar-refractivity contribution >= 4 is 27.6 Å². The molecule has 1 aromatic carbocycles. The van der Waals surface area contributed by atoms with Gasteiger partial charge in [0.1, 0.15) is 23.8 Å². The molecule has 0 aliphatic carbocycles. The van der Waals surface area contributed by atoms with E-state index in [9.17, 15) is 22.7 Å². The number of H-pyrrole nitrogens is 1. The van der Waals surface area contributed by atoms with E-state index in [4.69, 9.17) is 0 Å². The molecular weight excluding hydrogens is 341 g/mol. The monoisotopic (exact) mass is 355 g/mol. The summed E-state index contributed by atoms with van der Waals surface area (Å²) in [7, 11) is -4.19. The Labute approximate surface area is 136 Å². The molecule has 4 N–H and O–H groups in total. The van der Waals surface area contributed by atoms with Gasteiger partial charge in [0.05, 0.1) is 5.69 Å². The van der Waals surface area contributed by atoms with Crippen molar-refractivity contribution in [3.05, 3.63) is 35.3 Å². The molecule has 1 aliphatic rings. The SMILES string of the molecule is Cc1cc(NCc2cc(O)c(N3CC(=O)NS3(=O)=O)c(F)c2)[nH]n1. The minimum atomic E-state index is -4.19. The van der Waals surface area contributed by atoms with Gasteiger partial charge in [-0.15, -0.1) is 0 Å². The van der Waals surface area contributed by atoms with Crippen molar-refractivity contribution in [3.63, 3.8) is 0 Å². The number of amides is 1. The molecule has 24 heavy (non-hydrogen) atoms. The third-order valence-corrected chi connectivity index (χ3v) is 4.74. The highest BCUT2D eigenvalue weighted by Gasteiger charge is 2.37. The molecule has 0 radical (unpaired) electrons. The molecule has 1 aliphatic heterocycles. The van der Waals surface area contributed by atoms with E-state index in [1.165, 1.54) is 6.07 Å². The van der Waals surface area contributed by atoms with Gasteiger partial charge in [0.15, 0.2) is 5.82 Å². The van der Waals surface area contributed by atoms with Crippen LogP contribution < -0.4 is 14.3 Å². The number of aryl methyl sites for hydroxylation is 1. The highest BCUT2D eigenvalue weighted by atomic mass is 32.2. The van der Waals surface area contributed by atoms with Gasteiger partial charge in [0, 0.05) is 12.6 Å². The number of carbonyl (C=O) groups is 1. The molecule has 0 atom stereocenters. The van der Waals surface area contributed by atoms with Gasteiger partial charge >= 0.3 is 10.2 Å². The summed E-state index contributed by atoms with van der Waals surface area (Å²) in [5.41, 5.74) is 0.602. The second-order valence-corrected chi connectivity index (χ2v) is 6.85. The van der Waals surface area contributed by atoms with Crippen LogP contribution in [0, 0.1) is 12.7 Å². The Hall–Kier alpha value is -2.82.